The van der Waals surface area contributed by atoms with E-state index in [9.17, 15) is 0 Å². The molecule has 70 valence electrons. The molecule has 0 aromatic carbocycles. The Morgan fingerprint density at radius 3 is 2.15 bits per heavy atom. The fraction of sp³-hybridized carbons (Fsp3) is 0.273. The van der Waals surface area contributed by atoms with Crippen LogP contribution in [0.2, 0.25) is 19.6 Å². The molecule has 0 heterocycles. The predicted molar refractivity (Wildman–Crippen MR) is 67.5 cm³/mol. The van der Waals surface area contributed by atoms with Crippen LogP contribution in [-0.4, -0.2) is 8.07 Å². The first-order chi connectivity index (χ1) is 6.06. The van der Waals surface area contributed by atoms with Crippen LogP contribution in [0.25, 0.3) is 0 Å². The third-order valence-corrected chi connectivity index (χ3v) is 2.23. The van der Waals surface area contributed by atoms with Crippen LogP contribution in [0.15, 0.2) is 35.4 Å². The summed E-state index contributed by atoms with van der Waals surface area (Å²) in [5, 5.41) is 0. The molecule has 0 saturated carbocycles. The molecule has 0 aliphatic rings. The molecular weight excluding hydrogens is 240 g/mol. The van der Waals surface area contributed by atoms with Crippen LogP contribution >= 0.6 is 15.9 Å². The maximum atomic E-state index is 3.25. The molecule has 0 fully saturated rings. The van der Waals surface area contributed by atoms with Crippen LogP contribution in [0.1, 0.15) is 0 Å². The molecule has 0 radical (unpaired) electrons. The van der Waals surface area contributed by atoms with Crippen molar-refractivity contribution >= 4 is 24.0 Å². The summed E-state index contributed by atoms with van der Waals surface area (Å²) in [7, 11) is -1.19. The molecule has 0 amide bonds. The summed E-state index contributed by atoms with van der Waals surface area (Å²) in [6, 6.07) is 0. The predicted octanol–water partition coefficient (Wildman–Crippen LogP) is 3.89. The van der Waals surface area contributed by atoms with E-state index in [-0.39, 0.29) is 0 Å². The minimum Gasteiger partial charge on any atom is -0.127 e. The molecule has 0 unspecified atom stereocenters. The number of hydrogen-bond donors (Lipinski definition) is 0. The molecule has 0 rings (SSSR count). The van der Waals surface area contributed by atoms with Crippen molar-refractivity contribution in [2.75, 3.05) is 0 Å². The van der Waals surface area contributed by atoms with E-state index in [0.29, 0.717) is 0 Å². The van der Waals surface area contributed by atoms with E-state index in [1.54, 1.807) is 0 Å². The van der Waals surface area contributed by atoms with Crippen molar-refractivity contribution < 1.29 is 0 Å². The summed E-state index contributed by atoms with van der Waals surface area (Å²) < 4.78 is 0. The summed E-state index contributed by atoms with van der Waals surface area (Å²) in [6.07, 6.45) is 9.64. The van der Waals surface area contributed by atoms with Gasteiger partial charge in [-0.25, -0.2) is 0 Å². The Kier molecular flexibility index (Phi) is 6.66. The Balaban J connectivity index is 3.93. The highest BCUT2D eigenvalue weighted by molar-refractivity contribution is 9.11. The summed E-state index contributed by atoms with van der Waals surface area (Å²) in [4.78, 5) is 1.81. The Bertz CT molecular complexity index is 269. The smallest absolute Gasteiger partial charge is 0.127 e. The van der Waals surface area contributed by atoms with Gasteiger partial charge >= 0.3 is 0 Å². The minimum atomic E-state index is -1.19. The van der Waals surface area contributed by atoms with E-state index in [2.05, 4.69) is 47.0 Å². The standard InChI is InChI=1S/C11H15BrSi/c1-13(2,3)11-9-7-5-4-6-8-10-12/h4-8,10H,1-3H3/b6-4+,7-5+,10-8+. The lowest BCUT2D eigenvalue weighted by Crippen LogP contribution is -2.16. The van der Waals surface area contributed by atoms with Crippen molar-refractivity contribution in [3.05, 3.63) is 35.4 Å². The van der Waals surface area contributed by atoms with E-state index in [1.165, 1.54) is 0 Å². The highest BCUT2D eigenvalue weighted by Crippen LogP contribution is 1.95. The highest BCUT2D eigenvalue weighted by atomic mass is 79.9. The van der Waals surface area contributed by atoms with Crippen LogP contribution in [0.4, 0.5) is 0 Å². The van der Waals surface area contributed by atoms with Gasteiger partial charge < -0.3 is 0 Å². The Labute approximate surface area is 90.6 Å². The van der Waals surface area contributed by atoms with Gasteiger partial charge in [-0.2, -0.15) is 0 Å². The zero-order valence-electron chi connectivity index (χ0n) is 8.34. The van der Waals surface area contributed by atoms with Gasteiger partial charge in [-0.3, -0.25) is 0 Å². The molecule has 0 nitrogen and oxygen atoms in total. The minimum absolute atomic E-state index is 1.19. The molecule has 0 aromatic rings. The fourth-order valence-corrected chi connectivity index (χ4v) is 1.22. The molecular formula is C11H15BrSi. The molecule has 0 N–H and O–H groups in total. The van der Waals surface area contributed by atoms with Gasteiger partial charge in [0.05, 0.1) is 0 Å². The first-order valence-corrected chi connectivity index (χ1v) is 8.59. The van der Waals surface area contributed by atoms with Gasteiger partial charge in [0, 0.05) is 0 Å². The lowest BCUT2D eigenvalue weighted by molar-refractivity contribution is 1.81. The van der Waals surface area contributed by atoms with Crippen molar-refractivity contribution in [1.82, 2.24) is 0 Å². The topological polar surface area (TPSA) is 0 Å². The molecule has 2 heteroatoms. The van der Waals surface area contributed by atoms with Gasteiger partial charge in [-0.05, 0) is 11.1 Å². The quantitative estimate of drug-likeness (QED) is 0.399. The number of rotatable bonds is 2. The second-order valence-corrected chi connectivity index (χ2v) is 8.86. The Hall–Kier alpha value is -0.523. The maximum absolute atomic E-state index is 3.25. The molecule has 0 bridgehead atoms. The van der Waals surface area contributed by atoms with Crippen LogP contribution in [0, 0.1) is 11.5 Å². The highest BCUT2D eigenvalue weighted by Gasteiger charge is 2.06. The number of halogens is 1. The molecule has 0 aliphatic carbocycles. The van der Waals surface area contributed by atoms with Gasteiger partial charge in [-0.1, -0.05) is 65.8 Å². The number of hydrogen-bond acceptors (Lipinski definition) is 0. The Morgan fingerprint density at radius 2 is 1.62 bits per heavy atom. The van der Waals surface area contributed by atoms with E-state index in [0.717, 1.165) is 0 Å². The third-order valence-electron chi connectivity index (χ3n) is 1.03. The molecule has 0 spiro atoms. The average molecular weight is 255 g/mol. The normalized spacial score (nSPS) is 12.6. The van der Waals surface area contributed by atoms with Gasteiger partial charge in [0.1, 0.15) is 8.07 Å². The van der Waals surface area contributed by atoms with E-state index < -0.39 is 8.07 Å². The van der Waals surface area contributed by atoms with Crippen LogP contribution < -0.4 is 0 Å². The second kappa shape index (κ2) is 6.94. The van der Waals surface area contributed by atoms with E-state index in [1.807, 2.05) is 35.4 Å². The van der Waals surface area contributed by atoms with Crippen molar-refractivity contribution in [1.29, 1.82) is 0 Å². The maximum Gasteiger partial charge on any atom is 0.129 e. The number of allylic oxidation sites excluding steroid dienone is 5. The Morgan fingerprint density at radius 1 is 1.00 bits per heavy atom. The van der Waals surface area contributed by atoms with Crippen LogP contribution in [-0.2, 0) is 0 Å². The van der Waals surface area contributed by atoms with Crippen molar-refractivity contribution in [2.45, 2.75) is 19.6 Å². The second-order valence-electron chi connectivity index (χ2n) is 3.58. The lowest BCUT2D eigenvalue weighted by atomic mass is 10.4. The summed E-state index contributed by atoms with van der Waals surface area (Å²) in [5.74, 6) is 3.05. The third kappa shape index (κ3) is 11.5. The average Bonchev–Trinajstić information content (AvgIpc) is 2.01. The molecule has 0 atom stereocenters. The van der Waals surface area contributed by atoms with Crippen LogP contribution in [0.5, 0.6) is 0 Å². The van der Waals surface area contributed by atoms with Crippen molar-refractivity contribution in [2.24, 2.45) is 0 Å². The van der Waals surface area contributed by atoms with Crippen LogP contribution in [0.3, 0.4) is 0 Å². The molecule has 0 saturated heterocycles. The van der Waals surface area contributed by atoms with Gasteiger partial charge in [0.25, 0.3) is 0 Å². The summed E-state index contributed by atoms with van der Waals surface area (Å²) in [5.41, 5.74) is 3.25. The fourth-order valence-electron chi connectivity index (χ4n) is 0.532. The first-order valence-electron chi connectivity index (χ1n) is 4.17. The van der Waals surface area contributed by atoms with E-state index >= 15 is 0 Å². The van der Waals surface area contributed by atoms with Crippen molar-refractivity contribution in [3.63, 3.8) is 0 Å². The zero-order chi connectivity index (χ0) is 10.2. The van der Waals surface area contributed by atoms with E-state index in [4.69, 9.17) is 0 Å². The van der Waals surface area contributed by atoms with Gasteiger partial charge in [0.15, 0.2) is 0 Å². The van der Waals surface area contributed by atoms with Gasteiger partial charge in [0.2, 0.25) is 0 Å². The first kappa shape index (κ1) is 12.5. The molecule has 13 heavy (non-hydrogen) atoms. The summed E-state index contributed by atoms with van der Waals surface area (Å²) in [6.45, 7) is 6.70. The largest absolute Gasteiger partial charge is 0.129 e. The van der Waals surface area contributed by atoms with Gasteiger partial charge in [-0.15, -0.1) is 5.54 Å². The van der Waals surface area contributed by atoms with Crippen molar-refractivity contribution in [3.8, 4) is 11.5 Å². The SMILES string of the molecule is C[Si](C)(C)C#C/C=C/C=C/C=C/Br. The monoisotopic (exact) mass is 254 g/mol. The molecule has 0 aliphatic heterocycles. The molecule has 0 aromatic heterocycles. The summed E-state index contributed by atoms with van der Waals surface area (Å²) >= 11 is 3.18. The zero-order valence-corrected chi connectivity index (χ0v) is 10.9. The lowest BCUT2D eigenvalue weighted by Gasteiger charge is -2.01.